The van der Waals surface area contributed by atoms with E-state index in [0.29, 0.717) is 11.7 Å². The Bertz CT molecular complexity index is 670. The average Bonchev–Trinajstić information content (AvgIpc) is 2.87. The van der Waals surface area contributed by atoms with Crippen LogP contribution in [0.25, 0.3) is 0 Å². The van der Waals surface area contributed by atoms with Crippen molar-refractivity contribution in [2.45, 2.75) is 19.8 Å². The molecule has 0 atom stereocenters. The highest BCUT2D eigenvalue weighted by atomic mass is 32.1. The summed E-state index contributed by atoms with van der Waals surface area (Å²) in [4.78, 5) is 28.2. The maximum absolute atomic E-state index is 11.9. The molecule has 1 heterocycles. The Hall–Kier alpha value is -2.41. The first kappa shape index (κ1) is 17.0. The summed E-state index contributed by atoms with van der Waals surface area (Å²) >= 11 is 1.28. The molecule has 2 amide bonds. The van der Waals surface area contributed by atoms with E-state index in [4.69, 9.17) is 0 Å². The predicted octanol–water partition coefficient (Wildman–Crippen LogP) is 2.53. The van der Waals surface area contributed by atoms with Crippen molar-refractivity contribution in [1.82, 2.24) is 10.3 Å². The molecule has 2 rings (SSSR count). The molecule has 0 aliphatic carbocycles. The topological polar surface area (TPSA) is 80.3 Å². The fourth-order valence-electron chi connectivity index (χ4n) is 1.96. The number of nitrogens with one attached hydrogen (secondary N) is 2. The number of ether oxygens (including phenoxy) is 1. The molecule has 7 heteroatoms. The third-order valence-electron chi connectivity index (χ3n) is 3.19. The lowest BCUT2D eigenvalue weighted by Gasteiger charge is -2.05. The molecule has 0 aliphatic rings. The number of nitrogens with zero attached hydrogens (tertiary/aromatic N) is 1. The molecule has 1 aromatic carbocycles. The molecule has 0 fully saturated rings. The summed E-state index contributed by atoms with van der Waals surface area (Å²) in [6.07, 6.45) is 0.927. The summed E-state index contributed by atoms with van der Waals surface area (Å²) in [5.41, 5.74) is 1.89. The molecule has 1 aromatic heterocycles. The van der Waals surface area contributed by atoms with Gasteiger partial charge in [0.15, 0.2) is 5.13 Å². The van der Waals surface area contributed by atoms with Crippen molar-refractivity contribution in [2.75, 3.05) is 19.0 Å². The molecule has 0 spiro atoms. The van der Waals surface area contributed by atoms with Gasteiger partial charge in [0, 0.05) is 11.4 Å². The molecule has 0 saturated heterocycles. The van der Waals surface area contributed by atoms with Gasteiger partial charge >= 0.3 is 12.0 Å². The van der Waals surface area contributed by atoms with Gasteiger partial charge in [-0.3, -0.25) is 10.1 Å². The zero-order chi connectivity index (χ0) is 16.7. The summed E-state index contributed by atoms with van der Waals surface area (Å²) < 4.78 is 4.63. The van der Waals surface area contributed by atoms with Gasteiger partial charge in [-0.25, -0.2) is 9.78 Å². The van der Waals surface area contributed by atoms with Gasteiger partial charge in [0.25, 0.3) is 0 Å². The van der Waals surface area contributed by atoms with Crippen molar-refractivity contribution in [3.63, 3.8) is 0 Å². The Morgan fingerprint density at radius 1 is 1.26 bits per heavy atom. The number of thiazole rings is 1. The van der Waals surface area contributed by atoms with E-state index in [1.807, 2.05) is 30.3 Å². The highest BCUT2D eigenvalue weighted by Gasteiger charge is 2.13. The third kappa shape index (κ3) is 5.37. The van der Waals surface area contributed by atoms with Crippen LogP contribution in [-0.2, 0) is 22.4 Å². The van der Waals surface area contributed by atoms with Crippen LogP contribution < -0.4 is 10.6 Å². The Labute approximate surface area is 138 Å². The van der Waals surface area contributed by atoms with Crippen LogP contribution in [0.5, 0.6) is 0 Å². The van der Waals surface area contributed by atoms with Gasteiger partial charge in [-0.05, 0) is 18.9 Å². The Morgan fingerprint density at radius 2 is 2.00 bits per heavy atom. The van der Waals surface area contributed by atoms with Crippen LogP contribution >= 0.6 is 11.3 Å². The summed E-state index contributed by atoms with van der Waals surface area (Å²) in [7, 11) is 1.35. The SMILES string of the molecule is COC(=O)Cc1sc(NC(=O)NCCc2ccccc2)nc1C. The summed E-state index contributed by atoms with van der Waals surface area (Å²) in [6, 6.07) is 9.62. The minimum absolute atomic E-state index is 0.164. The summed E-state index contributed by atoms with van der Waals surface area (Å²) in [5, 5.41) is 5.94. The molecule has 23 heavy (non-hydrogen) atoms. The second kappa shape index (κ2) is 8.28. The first-order chi connectivity index (χ1) is 11.1. The number of methoxy groups -OCH3 is 1. The largest absolute Gasteiger partial charge is 0.469 e. The molecule has 122 valence electrons. The van der Waals surface area contributed by atoms with Crippen LogP contribution in [-0.4, -0.2) is 30.6 Å². The van der Waals surface area contributed by atoms with Crippen molar-refractivity contribution in [2.24, 2.45) is 0 Å². The van der Waals surface area contributed by atoms with Gasteiger partial charge in [0.05, 0.1) is 19.2 Å². The highest BCUT2D eigenvalue weighted by Crippen LogP contribution is 2.23. The van der Waals surface area contributed by atoms with Crippen molar-refractivity contribution in [3.8, 4) is 0 Å². The van der Waals surface area contributed by atoms with E-state index in [1.165, 1.54) is 24.0 Å². The van der Waals surface area contributed by atoms with Crippen molar-refractivity contribution < 1.29 is 14.3 Å². The Kier molecular flexibility index (Phi) is 6.10. The molecule has 0 unspecified atom stereocenters. The van der Waals surface area contributed by atoms with Crippen LogP contribution in [0.4, 0.5) is 9.93 Å². The molecule has 0 radical (unpaired) electrons. The van der Waals surface area contributed by atoms with Crippen molar-refractivity contribution in [3.05, 3.63) is 46.5 Å². The number of urea groups is 1. The van der Waals surface area contributed by atoms with Gasteiger partial charge in [0.2, 0.25) is 0 Å². The fourth-order valence-corrected chi connectivity index (χ4v) is 2.90. The second-order valence-electron chi connectivity index (χ2n) is 4.90. The van der Waals surface area contributed by atoms with E-state index < -0.39 is 0 Å². The van der Waals surface area contributed by atoms with Crippen LogP contribution in [0.15, 0.2) is 30.3 Å². The van der Waals surface area contributed by atoms with Crippen LogP contribution in [0.3, 0.4) is 0 Å². The number of carbonyl (C=O) groups is 2. The number of hydrogen-bond donors (Lipinski definition) is 2. The molecular weight excluding hydrogens is 314 g/mol. The number of aromatic nitrogens is 1. The smallest absolute Gasteiger partial charge is 0.321 e. The highest BCUT2D eigenvalue weighted by molar-refractivity contribution is 7.16. The number of hydrogen-bond acceptors (Lipinski definition) is 5. The van der Waals surface area contributed by atoms with E-state index in [9.17, 15) is 9.59 Å². The van der Waals surface area contributed by atoms with E-state index >= 15 is 0 Å². The summed E-state index contributed by atoms with van der Waals surface area (Å²) in [6.45, 7) is 2.34. The fraction of sp³-hybridized carbons (Fsp3) is 0.312. The molecule has 0 saturated carbocycles. The molecule has 0 aliphatic heterocycles. The van der Waals surface area contributed by atoms with E-state index in [2.05, 4.69) is 20.4 Å². The van der Waals surface area contributed by atoms with Crippen LogP contribution in [0.2, 0.25) is 0 Å². The normalized spacial score (nSPS) is 10.2. The lowest BCUT2D eigenvalue weighted by Crippen LogP contribution is -2.30. The molecule has 0 bridgehead atoms. The van der Waals surface area contributed by atoms with Gasteiger partial charge in [-0.1, -0.05) is 30.3 Å². The van der Waals surface area contributed by atoms with E-state index in [0.717, 1.165) is 17.0 Å². The standard InChI is InChI=1S/C16H19N3O3S/c1-11-13(10-14(20)22-2)23-16(18-11)19-15(21)17-9-8-12-6-4-3-5-7-12/h3-7H,8-10H2,1-2H3,(H2,17,18,19,21). The number of benzene rings is 1. The predicted molar refractivity (Wildman–Crippen MR) is 89.7 cm³/mol. The first-order valence-corrected chi connectivity index (χ1v) is 8.02. The quantitative estimate of drug-likeness (QED) is 0.796. The maximum atomic E-state index is 11.9. The lowest BCUT2D eigenvalue weighted by atomic mass is 10.1. The minimum Gasteiger partial charge on any atom is -0.469 e. The van der Waals surface area contributed by atoms with Crippen LogP contribution in [0.1, 0.15) is 16.1 Å². The number of anilines is 1. The minimum atomic E-state index is -0.324. The van der Waals surface area contributed by atoms with Crippen molar-refractivity contribution in [1.29, 1.82) is 0 Å². The zero-order valence-electron chi connectivity index (χ0n) is 13.1. The zero-order valence-corrected chi connectivity index (χ0v) is 13.9. The monoisotopic (exact) mass is 333 g/mol. The Balaban J connectivity index is 1.81. The number of rotatable bonds is 6. The van der Waals surface area contributed by atoms with Gasteiger partial charge in [0.1, 0.15) is 0 Å². The number of amides is 2. The lowest BCUT2D eigenvalue weighted by molar-refractivity contribution is -0.139. The maximum Gasteiger partial charge on any atom is 0.321 e. The average molecular weight is 333 g/mol. The van der Waals surface area contributed by atoms with Gasteiger partial charge < -0.3 is 10.1 Å². The summed E-state index contributed by atoms with van der Waals surface area (Å²) in [5.74, 6) is -0.324. The second-order valence-corrected chi connectivity index (χ2v) is 5.98. The van der Waals surface area contributed by atoms with Crippen molar-refractivity contribution >= 4 is 28.5 Å². The number of esters is 1. The molecular formula is C16H19N3O3S. The molecule has 2 aromatic rings. The van der Waals surface area contributed by atoms with Gasteiger partial charge in [-0.2, -0.15) is 0 Å². The Morgan fingerprint density at radius 3 is 2.70 bits per heavy atom. The van der Waals surface area contributed by atoms with Crippen LogP contribution in [0, 0.1) is 6.92 Å². The molecule has 2 N–H and O–H groups in total. The van der Waals surface area contributed by atoms with E-state index in [1.54, 1.807) is 6.92 Å². The first-order valence-electron chi connectivity index (χ1n) is 7.20. The molecule has 6 nitrogen and oxygen atoms in total. The number of carbonyl (C=O) groups excluding carboxylic acids is 2. The van der Waals surface area contributed by atoms with Gasteiger partial charge in [-0.15, -0.1) is 11.3 Å². The third-order valence-corrected chi connectivity index (χ3v) is 4.26. The number of aryl methyl sites for hydroxylation is 1. The van der Waals surface area contributed by atoms with E-state index in [-0.39, 0.29) is 18.4 Å².